The highest BCUT2D eigenvalue weighted by Crippen LogP contribution is 2.26. The van der Waals surface area contributed by atoms with Crippen LogP contribution in [-0.2, 0) is 25.8 Å². The molecule has 0 saturated carbocycles. The van der Waals surface area contributed by atoms with Gasteiger partial charge in [-0.15, -0.1) is 0 Å². The van der Waals surface area contributed by atoms with Crippen molar-refractivity contribution in [3.05, 3.63) is 29.8 Å². The van der Waals surface area contributed by atoms with Gasteiger partial charge in [-0.1, -0.05) is 25.5 Å². The van der Waals surface area contributed by atoms with Crippen molar-refractivity contribution in [3.63, 3.8) is 0 Å². The maximum atomic E-state index is 12.4. The van der Waals surface area contributed by atoms with Gasteiger partial charge in [0.2, 0.25) is 11.8 Å². The fourth-order valence-electron chi connectivity index (χ4n) is 3.58. The molecule has 1 aromatic rings. The quantitative estimate of drug-likeness (QED) is 0.816. The lowest BCUT2D eigenvalue weighted by molar-refractivity contribution is -0.126. The fraction of sp³-hybridized carbons (Fsp3) is 0.579. The van der Waals surface area contributed by atoms with Gasteiger partial charge in [0.15, 0.2) is 9.84 Å². The Hall–Kier alpha value is -1.89. The van der Waals surface area contributed by atoms with E-state index in [1.807, 2.05) is 24.3 Å². The van der Waals surface area contributed by atoms with E-state index < -0.39 is 15.8 Å². The zero-order chi connectivity index (χ0) is 18.7. The fourth-order valence-corrected chi connectivity index (χ4v) is 5.26. The topological polar surface area (TPSA) is 83.6 Å². The smallest absolute Gasteiger partial charge is 0.227 e. The Bertz CT molecular complexity index is 773. The van der Waals surface area contributed by atoms with E-state index in [1.54, 1.807) is 4.90 Å². The van der Waals surface area contributed by atoms with Gasteiger partial charge in [-0.2, -0.15) is 0 Å². The number of nitrogens with one attached hydrogen (secondary N) is 1. The number of nitrogens with zero attached hydrogens (tertiary/aromatic N) is 1. The first-order valence-electron chi connectivity index (χ1n) is 9.28. The third kappa shape index (κ3) is 4.44. The molecule has 2 aliphatic heterocycles. The van der Waals surface area contributed by atoms with Gasteiger partial charge in [-0.05, 0) is 37.0 Å². The Morgan fingerprint density at radius 1 is 1.27 bits per heavy atom. The number of anilines is 1. The minimum absolute atomic E-state index is 0.00232. The summed E-state index contributed by atoms with van der Waals surface area (Å²) in [5.41, 5.74) is 2.06. The standard InChI is InChI=1S/C19H26N2O4S/c1-2-3-4-14-5-7-17(8-6-14)21-12-15(11-18(21)22)19(23)20-16-9-10-26(24,25)13-16/h5-8,15-16H,2-4,9-13H2,1H3,(H,20,23). The zero-order valence-electron chi connectivity index (χ0n) is 15.1. The van der Waals surface area contributed by atoms with Crippen LogP contribution in [0.4, 0.5) is 5.69 Å². The van der Waals surface area contributed by atoms with E-state index in [0.29, 0.717) is 13.0 Å². The minimum atomic E-state index is -3.03. The molecule has 0 radical (unpaired) electrons. The van der Waals surface area contributed by atoms with Crippen LogP contribution in [0.2, 0.25) is 0 Å². The Balaban J connectivity index is 1.58. The van der Waals surface area contributed by atoms with E-state index in [1.165, 1.54) is 5.56 Å². The predicted molar refractivity (Wildman–Crippen MR) is 101 cm³/mol. The van der Waals surface area contributed by atoms with Crippen LogP contribution in [0.15, 0.2) is 24.3 Å². The summed E-state index contributed by atoms with van der Waals surface area (Å²) in [5.74, 6) is -0.584. The second kappa shape index (κ2) is 7.78. The highest BCUT2D eigenvalue weighted by molar-refractivity contribution is 7.91. The van der Waals surface area contributed by atoms with E-state index in [-0.39, 0.29) is 35.8 Å². The lowest BCUT2D eigenvalue weighted by Crippen LogP contribution is -2.40. The summed E-state index contributed by atoms with van der Waals surface area (Å²) in [7, 11) is -3.03. The second-order valence-electron chi connectivity index (χ2n) is 7.28. The molecule has 0 aromatic heterocycles. The normalized spacial score (nSPS) is 24.8. The molecule has 1 N–H and O–H groups in total. The molecule has 2 unspecified atom stereocenters. The summed E-state index contributed by atoms with van der Waals surface area (Å²) in [4.78, 5) is 26.4. The highest BCUT2D eigenvalue weighted by Gasteiger charge is 2.37. The number of carbonyl (C=O) groups excluding carboxylic acids is 2. The molecule has 2 amide bonds. The van der Waals surface area contributed by atoms with Gasteiger partial charge in [-0.25, -0.2) is 8.42 Å². The van der Waals surface area contributed by atoms with Gasteiger partial charge in [0, 0.05) is 24.7 Å². The summed E-state index contributed by atoms with van der Waals surface area (Å²) >= 11 is 0. The number of sulfone groups is 1. The molecule has 2 atom stereocenters. The molecule has 2 fully saturated rings. The first kappa shape index (κ1) is 18.9. The summed E-state index contributed by atoms with van der Waals surface area (Å²) in [6, 6.07) is 7.62. The molecule has 7 heteroatoms. The molecule has 0 bridgehead atoms. The van der Waals surface area contributed by atoms with E-state index >= 15 is 0 Å². The van der Waals surface area contributed by atoms with E-state index in [2.05, 4.69) is 12.2 Å². The van der Waals surface area contributed by atoms with Crippen LogP contribution < -0.4 is 10.2 Å². The lowest BCUT2D eigenvalue weighted by atomic mass is 10.1. The summed E-state index contributed by atoms with van der Waals surface area (Å²) in [5, 5.41) is 2.80. The Kier molecular flexibility index (Phi) is 5.65. The first-order chi connectivity index (χ1) is 12.4. The number of carbonyl (C=O) groups is 2. The van der Waals surface area contributed by atoms with E-state index in [0.717, 1.165) is 24.9 Å². The predicted octanol–water partition coefficient (Wildman–Crippen LogP) is 1.69. The zero-order valence-corrected chi connectivity index (χ0v) is 15.9. The number of unbranched alkanes of at least 4 members (excludes halogenated alkanes) is 1. The number of hydrogen-bond donors (Lipinski definition) is 1. The number of aryl methyl sites for hydroxylation is 1. The molecule has 0 spiro atoms. The molecule has 1 aromatic carbocycles. The molecular weight excluding hydrogens is 352 g/mol. The van der Waals surface area contributed by atoms with Crippen LogP contribution in [0.25, 0.3) is 0 Å². The summed E-state index contributed by atoms with van der Waals surface area (Å²) in [6.45, 7) is 2.50. The molecule has 0 aliphatic carbocycles. The highest BCUT2D eigenvalue weighted by atomic mass is 32.2. The number of amides is 2. The second-order valence-corrected chi connectivity index (χ2v) is 9.51. The summed E-state index contributed by atoms with van der Waals surface area (Å²) < 4.78 is 23.0. The van der Waals surface area contributed by atoms with Crippen molar-refractivity contribution in [1.29, 1.82) is 0 Å². The maximum absolute atomic E-state index is 12.4. The summed E-state index contributed by atoms with van der Waals surface area (Å²) in [6.07, 6.45) is 3.94. The van der Waals surface area contributed by atoms with Crippen LogP contribution in [0.3, 0.4) is 0 Å². The van der Waals surface area contributed by atoms with Crippen molar-refractivity contribution < 1.29 is 18.0 Å². The van der Waals surface area contributed by atoms with Crippen molar-refractivity contribution in [2.75, 3.05) is 23.0 Å². The number of rotatable bonds is 6. The van der Waals surface area contributed by atoms with Crippen molar-refractivity contribution in [1.82, 2.24) is 5.32 Å². The van der Waals surface area contributed by atoms with E-state index in [4.69, 9.17) is 0 Å². The Morgan fingerprint density at radius 2 is 2.00 bits per heavy atom. The molecule has 142 valence electrons. The maximum Gasteiger partial charge on any atom is 0.227 e. The number of benzene rings is 1. The van der Waals surface area contributed by atoms with E-state index in [9.17, 15) is 18.0 Å². The molecule has 26 heavy (non-hydrogen) atoms. The third-order valence-corrected chi connectivity index (χ3v) is 6.91. The molecule has 2 aliphatic rings. The lowest BCUT2D eigenvalue weighted by Gasteiger charge is -2.18. The average molecular weight is 378 g/mol. The Labute approximate surface area is 154 Å². The average Bonchev–Trinajstić information content (AvgIpc) is 3.15. The molecular formula is C19H26N2O4S. The van der Waals surface area contributed by atoms with Crippen molar-refractivity contribution in [3.8, 4) is 0 Å². The first-order valence-corrected chi connectivity index (χ1v) is 11.1. The Morgan fingerprint density at radius 3 is 2.62 bits per heavy atom. The van der Waals surface area contributed by atoms with Crippen molar-refractivity contribution in [2.45, 2.75) is 45.1 Å². The van der Waals surface area contributed by atoms with Crippen molar-refractivity contribution in [2.24, 2.45) is 5.92 Å². The number of hydrogen-bond acceptors (Lipinski definition) is 4. The van der Waals surface area contributed by atoms with Crippen LogP contribution >= 0.6 is 0 Å². The van der Waals surface area contributed by atoms with Gasteiger partial charge in [0.1, 0.15) is 0 Å². The largest absolute Gasteiger partial charge is 0.352 e. The monoisotopic (exact) mass is 378 g/mol. The molecule has 2 heterocycles. The van der Waals surface area contributed by atoms with Gasteiger partial charge in [-0.3, -0.25) is 9.59 Å². The molecule has 3 rings (SSSR count). The molecule has 6 nitrogen and oxygen atoms in total. The van der Waals surface area contributed by atoms with Gasteiger partial charge in [0.05, 0.1) is 17.4 Å². The molecule has 2 saturated heterocycles. The third-order valence-electron chi connectivity index (χ3n) is 5.14. The van der Waals surface area contributed by atoms with Crippen molar-refractivity contribution >= 4 is 27.3 Å². The van der Waals surface area contributed by atoms with Gasteiger partial charge in [0.25, 0.3) is 0 Å². The SMILES string of the molecule is CCCCc1ccc(N2CC(C(=O)NC3CCS(=O)(=O)C3)CC2=O)cc1. The van der Waals surface area contributed by atoms with Crippen LogP contribution in [-0.4, -0.2) is 44.3 Å². The van der Waals surface area contributed by atoms with Gasteiger partial charge >= 0.3 is 0 Å². The minimum Gasteiger partial charge on any atom is -0.352 e. The van der Waals surface area contributed by atoms with Crippen LogP contribution in [0.1, 0.15) is 38.2 Å². The van der Waals surface area contributed by atoms with Crippen LogP contribution in [0, 0.1) is 5.92 Å². The van der Waals surface area contributed by atoms with Gasteiger partial charge < -0.3 is 10.2 Å². The van der Waals surface area contributed by atoms with Crippen LogP contribution in [0.5, 0.6) is 0 Å².